The van der Waals surface area contributed by atoms with E-state index in [0.29, 0.717) is 0 Å². The van der Waals surface area contributed by atoms with E-state index >= 15 is 0 Å². The molecule has 5 heteroatoms. The zero-order valence-corrected chi connectivity index (χ0v) is 4.40. The standard InChI is InChI=1S/C3H7NO4/c1-3(5)2-8-4(6)7/h3,5H,2H2,1H3/t3-/m0/s1. The van der Waals surface area contributed by atoms with Gasteiger partial charge in [-0.2, -0.15) is 0 Å². The minimum Gasteiger partial charge on any atom is -0.391 e. The molecule has 0 aromatic heterocycles. The fourth-order valence-corrected chi connectivity index (χ4v) is 0.169. The second kappa shape index (κ2) is 3.20. The van der Waals surface area contributed by atoms with Crippen molar-refractivity contribution < 1.29 is 15.0 Å². The SMILES string of the molecule is C[C@H](O)CO[N+](=O)[O-]. The van der Waals surface area contributed by atoms with Gasteiger partial charge in [0.15, 0.2) is 0 Å². The quantitative estimate of drug-likeness (QED) is 0.406. The first-order valence-electron chi connectivity index (χ1n) is 2.08. The summed E-state index contributed by atoms with van der Waals surface area (Å²) in [6.45, 7) is 1.15. The van der Waals surface area contributed by atoms with Gasteiger partial charge in [0.1, 0.15) is 6.61 Å². The van der Waals surface area contributed by atoms with E-state index in [2.05, 4.69) is 4.84 Å². The zero-order chi connectivity index (χ0) is 6.57. The summed E-state index contributed by atoms with van der Waals surface area (Å²) in [5, 5.41) is 16.8. The van der Waals surface area contributed by atoms with Gasteiger partial charge in [0.25, 0.3) is 5.09 Å². The molecular weight excluding hydrogens is 114 g/mol. The molecule has 48 valence electrons. The highest BCUT2D eigenvalue weighted by Crippen LogP contribution is 1.80. The van der Waals surface area contributed by atoms with Crippen molar-refractivity contribution in [1.82, 2.24) is 0 Å². The maximum atomic E-state index is 9.38. The Morgan fingerprint density at radius 1 is 2.00 bits per heavy atom. The van der Waals surface area contributed by atoms with Crippen LogP contribution in [0.2, 0.25) is 0 Å². The van der Waals surface area contributed by atoms with Crippen molar-refractivity contribution >= 4 is 0 Å². The maximum Gasteiger partial charge on any atom is 0.294 e. The first kappa shape index (κ1) is 7.16. The number of hydrogen-bond acceptors (Lipinski definition) is 4. The summed E-state index contributed by atoms with van der Waals surface area (Å²) in [7, 11) is 0. The van der Waals surface area contributed by atoms with E-state index < -0.39 is 11.2 Å². The molecule has 0 radical (unpaired) electrons. The Hall–Kier alpha value is -0.840. The minimum atomic E-state index is -0.938. The van der Waals surface area contributed by atoms with Crippen LogP contribution in [0, 0.1) is 10.1 Å². The lowest BCUT2D eigenvalue weighted by Crippen LogP contribution is -2.13. The topological polar surface area (TPSA) is 72.6 Å². The number of aliphatic hydroxyl groups is 1. The van der Waals surface area contributed by atoms with E-state index in [4.69, 9.17) is 5.11 Å². The Kier molecular flexibility index (Phi) is 2.86. The largest absolute Gasteiger partial charge is 0.391 e. The van der Waals surface area contributed by atoms with Gasteiger partial charge in [-0.3, -0.25) is 0 Å². The highest BCUT2D eigenvalue weighted by molar-refractivity contribution is 4.36. The third kappa shape index (κ3) is 5.16. The summed E-state index contributed by atoms with van der Waals surface area (Å²) in [6.07, 6.45) is -0.777. The van der Waals surface area contributed by atoms with Crippen LogP contribution >= 0.6 is 0 Å². The lowest BCUT2D eigenvalue weighted by atomic mass is 10.5. The van der Waals surface area contributed by atoms with Crippen LogP contribution in [0.3, 0.4) is 0 Å². The van der Waals surface area contributed by atoms with Gasteiger partial charge in [0, 0.05) is 0 Å². The monoisotopic (exact) mass is 121 g/mol. The molecule has 0 rings (SSSR count). The first-order chi connectivity index (χ1) is 3.63. The Morgan fingerprint density at radius 3 is 2.62 bits per heavy atom. The fraction of sp³-hybridized carbons (Fsp3) is 1.00. The molecule has 0 aliphatic rings. The average Bonchev–Trinajstić information content (AvgIpc) is 1.61. The highest BCUT2D eigenvalue weighted by Gasteiger charge is 1.97. The summed E-state index contributed by atoms with van der Waals surface area (Å²) in [5.41, 5.74) is 0. The molecule has 8 heavy (non-hydrogen) atoms. The normalized spacial score (nSPS) is 12.8. The van der Waals surface area contributed by atoms with Crippen molar-refractivity contribution in [3.63, 3.8) is 0 Å². The molecule has 0 aliphatic heterocycles. The third-order valence-corrected chi connectivity index (χ3v) is 0.421. The van der Waals surface area contributed by atoms with E-state index in [0.717, 1.165) is 0 Å². The molecule has 0 saturated carbocycles. The fourth-order valence-electron chi connectivity index (χ4n) is 0.169. The van der Waals surface area contributed by atoms with Crippen LogP contribution in [0.1, 0.15) is 6.92 Å². The summed E-state index contributed by atoms with van der Waals surface area (Å²) < 4.78 is 0. The van der Waals surface area contributed by atoms with E-state index in [1.54, 1.807) is 0 Å². The molecule has 0 heterocycles. The van der Waals surface area contributed by atoms with E-state index in [1.807, 2.05) is 0 Å². The van der Waals surface area contributed by atoms with Gasteiger partial charge in [0.2, 0.25) is 0 Å². The Bertz CT molecular complexity index is 81.4. The second-order valence-electron chi connectivity index (χ2n) is 1.37. The van der Waals surface area contributed by atoms with Gasteiger partial charge in [0.05, 0.1) is 6.10 Å². The summed E-state index contributed by atoms with van der Waals surface area (Å²) >= 11 is 0. The predicted molar refractivity (Wildman–Crippen MR) is 24.6 cm³/mol. The smallest absolute Gasteiger partial charge is 0.294 e. The number of rotatable bonds is 3. The molecule has 0 bridgehead atoms. The lowest BCUT2D eigenvalue weighted by Gasteiger charge is -1.98. The molecule has 0 amide bonds. The van der Waals surface area contributed by atoms with Gasteiger partial charge in [-0.15, -0.1) is 10.1 Å². The van der Waals surface area contributed by atoms with Crippen LogP contribution in [-0.4, -0.2) is 22.9 Å². The third-order valence-electron chi connectivity index (χ3n) is 0.421. The van der Waals surface area contributed by atoms with Crippen molar-refractivity contribution in [2.24, 2.45) is 0 Å². The van der Waals surface area contributed by atoms with Crippen LogP contribution in [0.5, 0.6) is 0 Å². The van der Waals surface area contributed by atoms with E-state index in [-0.39, 0.29) is 6.61 Å². The Labute approximate surface area is 46.0 Å². The van der Waals surface area contributed by atoms with Crippen molar-refractivity contribution in [3.8, 4) is 0 Å². The summed E-state index contributed by atoms with van der Waals surface area (Å²) in [4.78, 5) is 13.2. The van der Waals surface area contributed by atoms with Gasteiger partial charge in [-0.25, -0.2) is 0 Å². The molecule has 1 N–H and O–H groups in total. The van der Waals surface area contributed by atoms with Crippen LogP contribution in [0.4, 0.5) is 0 Å². The maximum absolute atomic E-state index is 9.38. The molecule has 0 aromatic carbocycles. The van der Waals surface area contributed by atoms with Crippen molar-refractivity contribution in [1.29, 1.82) is 0 Å². The average molecular weight is 121 g/mol. The molecule has 0 aromatic rings. The van der Waals surface area contributed by atoms with Crippen LogP contribution in [0.25, 0.3) is 0 Å². The molecule has 5 nitrogen and oxygen atoms in total. The van der Waals surface area contributed by atoms with Crippen molar-refractivity contribution in [2.75, 3.05) is 6.61 Å². The molecular formula is C3H7NO4. The number of aliphatic hydroxyl groups excluding tert-OH is 1. The summed E-state index contributed by atoms with van der Waals surface area (Å²) in [6, 6.07) is 0. The zero-order valence-electron chi connectivity index (χ0n) is 4.40. The predicted octanol–water partition coefficient (Wildman–Crippen LogP) is -0.425. The number of hydrogen-bond donors (Lipinski definition) is 1. The van der Waals surface area contributed by atoms with E-state index in [9.17, 15) is 10.1 Å². The second-order valence-corrected chi connectivity index (χ2v) is 1.37. The van der Waals surface area contributed by atoms with Gasteiger partial charge < -0.3 is 9.94 Å². The molecule has 0 aliphatic carbocycles. The Morgan fingerprint density at radius 2 is 2.50 bits per heavy atom. The van der Waals surface area contributed by atoms with Gasteiger partial charge in [-0.1, -0.05) is 0 Å². The lowest BCUT2D eigenvalue weighted by molar-refractivity contribution is -0.759. The molecule has 1 atom stereocenters. The van der Waals surface area contributed by atoms with Gasteiger partial charge >= 0.3 is 0 Å². The van der Waals surface area contributed by atoms with Crippen molar-refractivity contribution in [2.45, 2.75) is 13.0 Å². The van der Waals surface area contributed by atoms with Crippen LogP contribution in [-0.2, 0) is 4.84 Å². The Balaban J connectivity index is 3.05. The first-order valence-corrected chi connectivity index (χ1v) is 2.08. The molecule has 0 saturated heterocycles. The number of nitrogens with zero attached hydrogens (tertiary/aromatic N) is 1. The van der Waals surface area contributed by atoms with Crippen molar-refractivity contribution in [3.05, 3.63) is 10.1 Å². The molecule has 0 unspecified atom stereocenters. The minimum absolute atomic E-state index is 0.257. The highest BCUT2D eigenvalue weighted by atomic mass is 17.0. The van der Waals surface area contributed by atoms with Gasteiger partial charge in [-0.05, 0) is 6.92 Å². The summed E-state index contributed by atoms with van der Waals surface area (Å²) in [5.74, 6) is 0. The van der Waals surface area contributed by atoms with Crippen LogP contribution < -0.4 is 0 Å². The van der Waals surface area contributed by atoms with E-state index in [1.165, 1.54) is 6.92 Å². The molecule has 0 fully saturated rings. The van der Waals surface area contributed by atoms with Crippen LogP contribution in [0.15, 0.2) is 0 Å². The molecule has 0 spiro atoms.